The number of pyridine rings is 1. The third-order valence-electron chi connectivity index (χ3n) is 1.76. The topological polar surface area (TPSA) is 45.5 Å². The number of aliphatic hydroxyl groups is 1. The summed E-state index contributed by atoms with van der Waals surface area (Å²) >= 11 is 0. The van der Waals surface area contributed by atoms with Crippen molar-refractivity contribution in [3.63, 3.8) is 0 Å². The van der Waals surface area contributed by atoms with Gasteiger partial charge in [0.05, 0.1) is 18.3 Å². The maximum absolute atomic E-state index is 8.78. The van der Waals surface area contributed by atoms with Gasteiger partial charge in [0.1, 0.15) is 0 Å². The first kappa shape index (κ1) is 9.86. The van der Waals surface area contributed by atoms with Crippen LogP contribution in [0, 0.1) is 0 Å². The maximum Gasteiger partial charge on any atom is 0.0891 e. The Kier molecular flexibility index (Phi) is 3.58. The van der Waals surface area contributed by atoms with Crippen LogP contribution < -0.4 is 0 Å². The molecule has 70 valence electrons. The fourth-order valence-corrected chi connectivity index (χ4v) is 1.06. The Morgan fingerprint density at radius 2 is 2.38 bits per heavy atom. The van der Waals surface area contributed by atoms with Crippen molar-refractivity contribution in [1.82, 2.24) is 4.98 Å². The van der Waals surface area contributed by atoms with Gasteiger partial charge in [0.25, 0.3) is 0 Å². The summed E-state index contributed by atoms with van der Waals surface area (Å²) in [6.07, 6.45) is 1.75. The lowest BCUT2D eigenvalue weighted by atomic mass is 10.2. The van der Waals surface area contributed by atoms with Gasteiger partial charge in [-0.05, 0) is 26.0 Å². The van der Waals surface area contributed by atoms with Gasteiger partial charge in [-0.1, -0.05) is 6.07 Å². The van der Waals surface area contributed by atoms with E-state index in [1.165, 1.54) is 0 Å². The highest BCUT2D eigenvalue weighted by Gasteiger charge is 2.03. The highest BCUT2D eigenvalue weighted by molar-refractivity contribution is 5.83. The average Bonchev–Trinajstić information content (AvgIpc) is 2.19. The fourth-order valence-electron chi connectivity index (χ4n) is 1.06. The van der Waals surface area contributed by atoms with Crippen molar-refractivity contribution in [2.24, 2.45) is 4.99 Å². The van der Waals surface area contributed by atoms with Crippen molar-refractivity contribution in [2.45, 2.75) is 19.9 Å². The van der Waals surface area contributed by atoms with Crippen LogP contribution in [-0.2, 0) is 0 Å². The van der Waals surface area contributed by atoms with Gasteiger partial charge in [0.2, 0.25) is 0 Å². The second kappa shape index (κ2) is 4.72. The van der Waals surface area contributed by atoms with E-state index < -0.39 is 0 Å². The molecule has 3 nitrogen and oxygen atoms in total. The van der Waals surface area contributed by atoms with E-state index in [0.717, 1.165) is 11.4 Å². The number of hydrogen-bond donors (Lipinski definition) is 1. The smallest absolute Gasteiger partial charge is 0.0891 e. The molecule has 0 spiro atoms. The molecular formula is C10H14N2O. The van der Waals surface area contributed by atoms with Crippen LogP contribution in [0.25, 0.3) is 0 Å². The molecule has 1 N–H and O–H groups in total. The summed E-state index contributed by atoms with van der Waals surface area (Å²) in [5.41, 5.74) is 1.66. The van der Waals surface area contributed by atoms with Crippen molar-refractivity contribution in [2.75, 3.05) is 6.61 Å². The van der Waals surface area contributed by atoms with Gasteiger partial charge in [0, 0.05) is 11.9 Å². The van der Waals surface area contributed by atoms with Crippen LogP contribution >= 0.6 is 0 Å². The molecule has 0 radical (unpaired) electrons. The number of aliphatic hydroxyl groups excluding tert-OH is 1. The van der Waals surface area contributed by atoms with Crippen LogP contribution in [0.3, 0.4) is 0 Å². The standard InChI is InChI=1S/C10H14N2O/c1-8(7-13)12-9(2)10-5-3-4-6-11-10/h3-6,9,13H,7H2,1-2H3/b12-8+. The minimum Gasteiger partial charge on any atom is -0.390 e. The maximum atomic E-state index is 8.78. The summed E-state index contributed by atoms with van der Waals surface area (Å²) in [5, 5.41) is 8.78. The zero-order chi connectivity index (χ0) is 9.68. The van der Waals surface area contributed by atoms with E-state index in [4.69, 9.17) is 5.11 Å². The van der Waals surface area contributed by atoms with Crippen LogP contribution in [-0.4, -0.2) is 22.4 Å². The minimum absolute atomic E-state index is 0.0111. The van der Waals surface area contributed by atoms with E-state index in [9.17, 15) is 0 Å². The van der Waals surface area contributed by atoms with Gasteiger partial charge in [0.15, 0.2) is 0 Å². The predicted octanol–water partition coefficient (Wildman–Crippen LogP) is 1.60. The van der Waals surface area contributed by atoms with E-state index in [2.05, 4.69) is 9.98 Å². The Bertz CT molecular complexity index is 282. The molecule has 3 heteroatoms. The molecule has 0 aliphatic carbocycles. The van der Waals surface area contributed by atoms with E-state index >= 15 is 0 Å². The lowest BCUT2D eigenvalue weighted by Gasteiger charge is -2.05. The molecule has 0 amide bonds. The van der Waals surface area contributed by atoms with Gasteiger partial charge in [-0.3, -0.25) is 9.98 Å². The molecule has 0 aliphatic rings. The third-order valence-corrected chi connectivity index (χ3v) is 1.76. The lowest BCUT2D eigenvalue weighted by molar-refractivity contribution is 0.356. The van der Waals surface area contributed by atoms with Gasteiger partial charge in [-0.2, -0.15) is 0 Å². The number of aliphatic imine (C=N–C) groups is 1. The quantitative estimate of drug-likeness (QED) is 0.714. The highest BCUT2D eigenvalue weighted by atomic mass is 16.3. The molecule has 1 aromatic heterocycles. The van der Waals surface area contributed by atoms with Crippen molar-refractivity contribution >= 4 is 5.71 Å². The van der Waals surface area contributed by atoms with E-state index in [0.29, 0.717) is 0 Å². The first-order valence-corrected chi connectivity index (χ1v) is 4.29. The Hall–Kier alpha value is -1.22. The van der Waals surface area contributed by atoms with Crippen LogP contribution in [0.2, 0.25) is 0 Å². The van der Waals surface area contributed by atoms with Crippen LogP contribution in [0.5, 0.6) is 0 Å². The van der Waals surface area contributed by atoms with E-state index in [1.54, 1.807) is 13.1 Å². The fraction of sp³-hybridized carbons (Fsp3) is 0.400. The number of hydrogen-bond acceptors (Lipinski definition) is 3. The second-order valence-electron chi connectivity index (χ2n) is 2.95. The number of aromatic nitrogens is 1. The van der Waals surface area contributed by atoms with Crippen LogP contribution in [0.4, 0.5) is 0 Å². The summed E-state index contributed by atoms with van der Waals surface area (Å²) in [6, 6.07) is 5.76. The normalized spacial score (nSPS) is 14.2. The summed E-state index contributed by atoms with van der Waals surface area (Å²) < 4.78 is 0. The van der Waals surface area contributed by atoms with Crippen LogP contribution in [0.1, 0.15) is 25.6 Å². The largest absolute Gasteiger partial charge is 0.390 e. The van der Waals surface area contributed by atoms with Gasteiger partial charge >= 0.3 is 0 Å². The zero-order valence-electron chi connectivity index (χ0n) is 7.94. The molecule has 0 aliphatic heterocycles. The molecular weight excluding hydrogens is 164 g/mol. The molecule has 1 rings (SSSR count). The van der Waals surface area contributed by atoms with Crippen LogP contribution in [0.15, 0.2) is 29.4 Å². The number of nitrogens with zero attached hydrogens (tertiary/aromatic N) is 2. The zero-order valence-corrected chi connectivity index (χ0v) is 7.94. The molecule has 1 unspecified atom stereocenters. The lowest BCUT2D eigenvalue weighted by Crippen LogP contribution is -2.02. The molecule has 0 fully saturated rings. The molecule has 13 heavy (non-hydrogen) atoms. The second-order valence-corrected chi connectivity index (χ2v) is 2.95. The summed E-state index contributed by atoms with van der Waals surface area (Å²) in [5.74, 6) is 0. The minimum atomic E-state index is 0.0111. The Morgan fingerprint density at radius 1 is 1.62 bits per heavy atom. The van der Waals surface area contributed by atoms with Crippen molar-refractivity contribution < 1.29 is 5.11 Å². The van der Waals surface area contributed by atoms with E-state index in [1.807, 2.05) is 25.1 Å². The molecule has 1 aromatic rings. The summed E-state index contributed by atoms with van der Waals surface area (Å²) in [7, 11) is 0. The monoisotopic (exact) mass is 178 g/mol. The highest BCUT2D eigenvalue weighted by Crippen LogP contribution is 2.12. The predicted molar refractivity (Wildman–Crippen MR) is 52.8 cm³/mol. The Balaban J connectivity index is 2.75. The summed E-state index contributed by atoms with van der Waals surface area (Å²) in [6.45, 7) is 3.78. The first-order valence-electron chi connectivity index (χ1n) is 4.29. The van der Waals surface area contributed by atoms with Crippen molar-refractivity contribution in [1.29, 1.82) is 0 Å². The molecule has 0 saturated carbocycles. The average molecular weight is 178 g/mol. The Labute approximate surface area is 78.2 Å². The molecule has 1 atom stereocenters. The SMILES string of the molecule is C/C(CO)=N\C(C)c1ccccn1. The Morgan fingerprint density at radius 3 is 2.92 bits per heavy atom. The number of rotatable bonds is 3. The van der Waals surface area contributed by atoms with Gasteiger partial charge < -0.3 is 5.11 Å². The van der Waals surface area contributed by atoms with E-state index in [-0.39, 0.29) is 12.6 Å². The van der Waals surface area contributed by atoms with Gasteiger partial charge in [-0.25, -0.2) is 0 Å². The molecule has 1 heterocycles. The third kappa shape index (κ3) is 2.95. The van der Waals surface area contributed by atoms with Crippen molar-refractivity contribution in [3.8, 4) is 0 Å². The molecule has 0 bridgehead atoms. The molecule has 0 aromatic carbocycles. The van der Waals surface area contributed by atoms with Crippen molar-refractivity contribution in [3.05, 3.63) is 30.1 Å². The molecule has 0 saturated heterocycles. The summed E-state index contributed by atoms with van der Waals surface area (Å²) in [4.78, 5) is 8.45. The van der Waals surface area contributed by atoms with Gasteiger partial charge in [-0.15, -0.1) is 0 Å². The first-order chi connectivity index (χ1) is 6.24.